The van der Waals surface area contributed by atoms with E-state index in [-0.39, 0.29) is 22.7 Å². The molecule has 3 rings (SSSR count). The summed E-state index contributed by atoms with van der Waals surface area (Å²) in [5.74, 6) is -0.756. The van der Waals surface area contributed by atoms with Gasteiger partial charge in [0, 0.05) is 25.9 Å². The molecule has 0 radical (unpaired) electrons. The molecular weight excluding hydrogens is 322 g/mol. The van der Waals surface area contributed by atoms with Crippen molar-refractivity contribution in [3.05, 3.63) is 69.9 Å². The molecule has 7 heteroatoms. The van der Waals surface area contributed by atoms with Crippen molar-refractivity contribution in [1.82, 2.24) is 9.88 Å². The number of carbonyl (C=O) groups is 1. The Morgan fingerprint density at radius 2 is 1.88 bits per heavy atom. The molecule has 1 aromatic heterocycles. The van der Waals surface area contributed by atoms with E-state index in [1.165, 1.54) is 24.7 Å². The normalized spacial score (nSPS) is 19.6. The van der Waals surface area contributed by atoms with Gasteiger partial charge in [-0.15, -0.1) is 0 Å². The molecule has 4 N–H and O–H groups in total. The van der Waals surface area contributed by atoms with Crippen molar-refractivity contribution in [1.29, 1.82) is 0 Å². The molecule has 1 aromatic carbocycles. The lowest BCUT2D eigenvalue weighted by Gasteiger charge is -2.38. The van der Waals surface area contributed by atoms with E-state index in [2.05, 4.69) is 10.6 Å². The highest BCUT2D eigenvalue weighted by molar-refractivity contribution is 6.13. The van der Waals surface area contributed by atoms with E-state index >= 15 is 0 Å². The lowest BCUT2D eigenvalue weighted by Crippen LogP contribution is -2.55. The maximum atomic E-state index is 12.2. The lowest BCUT2D eigenvalue weighted by molar-refractivity contribution is -0.132. The number of nitrogens with zero attached hydrogens (tertiary/aromatic N) is 1. The van der Waals surface area contributed by atoms with Crippen LogP contribution in [0.4, 0.5) is 5.69 Å². The van der Waals surface area contributed by atoms with E-state index in [1.807, 2.05) is 30.3 Å². The van der Waals surface area contributed by atoms with Crippen LogP contribution in [0.15, 0.2) is 58.8 Å². The summed E-state index contributed by atoms with van der Waals surface area (Å²) in [7, 11) is 1.54. The molecule has 0 saturated heterocycles. The number of hydrogen-bond acceptors (Lipinski definition) is 6. The molecule has 130 valence electrons. The molecule has 0 aliphatic heterocycles. The highest BCUT2D eigenvalue weighted by atomic mass is 16.3. The zero-order valence-corrected chi connectivity index (χ0v) is 13.9. The van der Waals surface area contributed by atoms with Crippen LogP contribution in [0.1, 0.15) is 12.5 Å². The second-order valence-electron chi connectivity index (χ2n) is 6.14. The number of benzene rings is 1. The van der Waals surface area contributed by atoms with Crippen LogP contribution in [0.3, 0.4) is 0 Å². The first kappa shape index (κ1) is 16.8. The molecule has 0 spiro atoms. The number of Topliss-reactive ketones (excluding diaryl/α,β-unsaturated/α-hetero) is 1. The number of anilines is 1. The van der Waals surface area contributed by atoms with E-state index in [1.54, 1.807) is 0 Å². The van der Waals surface area contributed by atoms with Gasteiger partial charge in [0.1, 0.15) is 11.4 Å². The van der Waals surface area contributed by atoms with E-state index in [0.717, 1.165) is 11.6 Å². The van der Waals surface area contributed by atoms with Crippen LogP contribution in [-0.2, 0) is 18.4 Å². The van der Waals surface area contributed by atoms with E-state index in [0.29, 0.717) is 12.2 Å². The van der Waals surface area contributed by atoms with Crippen molar-refractivity contribution in [2.24, 2.45) is 7.05 Å². The van der Waals surface area contributed by atoms with Gasteiger partial charge in [-0.2, -0.15) is 0 Å². The fourth-order valence-electron chi connectivity index (χ4n) is 2.67. The monoisotopic (exact) mass is 341 g/mol. The van der Waals surface area contributed by atoms with Gasteiger partial charge in [-0.05, 0) is 12.5 Å². The first-order chi connectivity index (χ1) is 11.8. The summed E-state index contributed by atoms with van der Waals surface area (Å²) in [5.41, 5.74) is -0.279. The summed E-state index contributed by atoms with van der Waals surface area (Å²) in [5, 5.41) is 26.1. The zero-order valence-electron chi connectivity index (χ0n) is 13.9. The SMILES string of the molecule is Cn1cc(NC2=C(NCc3ccccc3)C(C)(O)C2=O)c(O)cc1=O. The van der Waals surface area contributed by atoms with Gasteiger partial charge in [-0.3, -0.25) is 9.59 Å². The highest BCUT2D eigenvalue weighted by Crippen LogP contribution is 2.35. The summed E-state index contributed by atoms with van der Waals surface area (Å²) in [4.78, 5) is 23.7. The molecule has 0 fully saturated rings. The third-order valence-corrected chi connectivity index (χ3v) is 4.18. The third-order valence-electron chi connectivity index (χ3n) is 4.18. The molecule has 1 atom stereocenters. The number of pyridine rings is 1. The Morgan fingerprint density at radius 1 is 1.20 bits per heavy atom. The largest absolute Gasteiger partial charge is 0.506 e. The first-order valence-electron chi connectivity index (χ1n) is 7.77. The maximum absolute atomic E-state index is 12.2. The molecule has 0 amide bonds. The van der Waals surface area contributed by atoms with Gasteiger partial charge in [-0.1, -0.05) is 30.3 Å². The minimum Gasteiger partial charge on any atom is -0.506 e. The number of hydrogen-bond donors (Lipinski definition) is 4. The van der Waals surface area contributed by atoms with Gasteiger partial charge in [-0.25, -0.2) is 0 Å². The second kappa shape index (κ2) is 6.10. The van der Waals surface area contributed by atoms with Gasteiger partial charge >= 0.3 is 0 Å². The predicted octanol–water partition coefficient (Wildman–Crippen LogP) is 0.838. The van der Waals surface area contributed by atoms with E-state index < -0.39 is 11.4 Å². The van der Waals surface area contributed by atoms with Crippen LogP contribution < -0.4 is 16.2 Å². The Balaban J connectivity index is 1.87. The lowest BCUT2D eigenvalue weighted by atomic mass is 9.81. The van der Waals surface area contributed by atoms with Crippen molar-refractivity contribution < 1.29 is 15.0 Å². The Morgan fingerprint density at radius 3 is 2.56 bits per heavy atom. The molecule has 2 aromatic rings. The Kier molecular flexibility index (Phi) is 4.10. The summed E-state index contributed by atoms with van der Waals surface area (Å²) in [6.45, 7) is 1.85. The number of ketones is 1. The third kappa shape index (κ3) is 3.01. The van der Waals surface area contributed by atoms with Gasteiger partial charge < -0.3 is 25.4 Å². The fraction of sp³-hybridized carbons (Fsp3) is 0.222. The number of aromatic nitrogens is 1. The molecular formula is C18H19N3O4. The average Bonchev–Trinajstić information content (AvgIpc) is 2.58. The number of rotatable bonds is 5. The summed E-state index contributed by atoms with van der Waals surface area (Å²) >= 11 is 0. The fourth-order valence-corrected chi connectivity index (χ4v) is 2.67. The summed E-state index contributed by atoms with van der Waals surface area (Å²) in [6, 6.07) is 10.6. The second-order valence-corrected chi connectivity index (χ2v) is 6.14. The van der Waals surface area contributed by atoms with Crippen molar-refractivity contribution >= 4 is 11.5 Å². The summed E-state index contributed by atoms with van der Waals surface area (Å²) < 4.78 is 1.28. The van der Waals surface area contributed by atoms with E-state index in [4.69, 9.17) is 0 Å². The van der Waals surface area contributed by atoms with Crippen LogP contribution in [0, 0.1) is 0 Å². The first-order valence-corrected chi connectivity index (χ1v) is 7.77. The van der Waals surface area contributed by atoms with Gasteiger partial charge in [0.2, 0.25) is 5.78 Å². The topological polar surface area (TPSA) is 104 Å². The van der Waals surface area contributed by atoms with Crippen LogP contribution >= 0.6 is 0 Å². The van der Waals surface area contributed by atoms with Gasteiger partial charge in [0.15, 0.2) is 5.60 Å². The van der Waals surface area contributed by atoms with E-state index in [9.17, 15) is 19.8 Å². The number of nitrogens with one attached hydrogen (secondary N) is 2. The molecule has 1 unspecified atom stereocenters. The standard InChI is InChI=1S/C18H19N3O4/c1-18(25)16(19-9-11-6-4-3-5-7-11)15(17(18)24)20-12-10-21(2)14(23)8-13(12)22/h3-8,10,19-20,22,25H,9H2,1-2H3. The van der Waals surface area contributed by atoms with Gasteiger partial charge in [0.25, 0.3) is 5.56 Å². The molecule has 1 aliphatic rings. The number of aryl methyl sites for hydroxylation is 1. The van der Waals surface area contributed by atoms with Crippen LogP contribution in [0.5, 0.6) is 5.75 Å². The predicted molar refractivity (Wildman–Crippen MR) is 92.9 cm³/mol. The minimum atomic E-state index is -1.62. The van der Waals surface area contributed by atoms with Crippen molar-refractivity contribution in [3.8, 4) is 5.75 Å². The maximum Gasteiger partial charge on any atom is 0.254 e. The Hall–Kier alpha value is -3.06. The van der Waals surface area contributed by atoms with Gasteiger partial charge in [0.05, 0.1) is 11.4 Å². The quantitative estimate of drug-likeness (QED) is 0.642. The number of aromatic hydroxyl groups is 1. The summed E-state index contributed by atoms with van der Waals surface area (Å²) in [6.07, 6.45) is 1.39. The van der Waals surface area contributed by atoms with Crippen LogP contribution in [-0.4, -0.2) is 26.2 Å². The molecule has 1 aliphatic carbocycles. The highest BCUT2D eigenvalue weighted by Gasteiger charge is 2.49. The minimum absolute atomic E-state index is 0.162. The Labute approximate surface area is 144 Å². The number of carbonyl (C=O) groups excluding carboxylic acids is 1. The molecule has 25 heavy (non-hydrogen) atoms. The number of aliphatic hydroxyl groups is 1. The van der Waals surface area contributed by atoms with Crippen LogP contribution in [0.2, 0.25) is 0 Å². The van der Waals surface area contributed by atoms with Crippen molar-refractivity contribution in [2.75, 3.05) is 5.32 Å². The van der Waals surface area contributed by atoms with Crippen molar-refractivity contribution in [3.63, 3.8) is 0 Å². The molecule has 1 heterocycles. The molecule has 0 saturated carbocycles. The molecule has 0 bridgehead atoms. The smallest absolute Gasteiger partial charge is 0.254 e. The zero-order chi connectivity index (χ0) is 18.2. The average molecular weight is 341 g/mol. The van der Waals surface area contributed by atoms with Crippen molar-refractivity contribution in [2.45, 2.75) is 19.1 Å². The van der Waals surface area contributed by atoms with Crippen LogP contribution in [0.25, 0.3) is 0 Å². The molecule has 7 nitrogen and oxygen atoms in total. The Bertz CT molecular complexity index is 914.